The third-order valence-electron chi connectivity index (χ3n) is 2.24. The Hall–Kier alpha value is -1.47. The van der Waals surface area contributed by atoms with Crippen LogP contribution in [0.25, 0.3) is 0 Å². The maximum Gasteiger partial charge on any atom is 0.355 e. The summed E-state index contributed by atoms with van der Waals surface area (Å²) in [4.78, 5) is 18.8. The molecule has 0 amide bonds. The summed E-state index contributed by atoms with van der Waals surface area (Å²) in [5.41, 5.74) is 0.418. The molecule has 98 valence electrons. The monoisotopic (exact) mass is 342 g/mol. The summed E-state index contributed by atoms with van der Waals surface area (Å²) in [6, 6.07) is 6.40. The van der Waals surface area contributed by atoms with Gasteiger partial charge in [0.05, 0.1) is 4.47 Å². The number of nitrogens with zero attached hydrogens (tertiary/aromatic N) is 2. The van der Waals surface area contributed by atoms with E-state index in [4.69, 9.17) is 5.11 Å². The SMILES string of the molecule is O=C(O)c1nc(SCc2ccccc2F)ncc1Br. The van der Waals surface area contributed by atoms with Gasteiger partial charge < -0.3 is 5.11 Å². The predicted octanol–water partition coefficient (Wildman–Crippen LogP) is 3.37. The molecule has 1 heterocycles. The van der Waals surface area contributed by atoms with Gasteiger partial charge in [0.1, 0.15) is 5.82 Å². The van der Waals surface area contributed by atoms with Gasteiger partial charge in [0.2, 0.25) is 0 Å². The van der Waals surface area contributed by atoms with E-state index in [2.05, 4.69) is 25.9 Å². The zero-order valence-corrected chi connectivity index (χ0v) is 11.9. The second-order valence-electron chi connectivity index (χ2n) is 3.53. The molecule has 1 aromatic heterocycles. The van der Waals surface area contributed by atoms with Crippen LogP contribution >= 0.6 is 27.7 Å². The number of hydrogen-bond acceptors (Lipinski definition) is 4. The Bertz CT molecular complexity index is 624. The quantitative estimate of drug-likeness (QED) is 0.681. The van der Waals surface area contributed by atoms with Crippen molar-refractivity contribution < 1.29 is 14.3 Å². The van der Waals surface area contributed by atoms with Crippen molar-refractivity contribution >= 4 is 33.7 Å². The largest absolute Gasteiger partial charge is 0.476 e. The lowest BCUT2D eigenvalue weighted by Crippen LogP contribution is -2.03. The van der Waals surface area contributed by atoms with Gasteiger partial charge in [0, 0.05) is 11.9 Å². The molecule has 0 saturated carbocycles. The van der Waals surface area contributed by atoms with Crippen LogP contribution in [0.3, 0.4) is 0 Å². The highest BCUT2D eigenvalue weighted by atomic mass is 79.9. The first kappa shape index (κ1) is 14.0. The van der Waals surface area contributed by atoms with Crippen molar-refractivity contribution in [3.8, 4) is 0 Å². The predicted molar refractivity (Wildman–Crippen MR) is 72.7 cm³/mol. The second kappa shape index (κ2) is 6.12. The number of halogens is 2. The molecule has 1 N–H and O–H groups in total. The molecule has 0 aliphatic rings. The number of benzene rings is 1. The van der Waals surface area contributed by atoms with E-state index in [0.29, 0.717) is 20.9 Å². The van der Waals surface area contributed by atoms with Crippen molar-refractivity contribution in [2.24, 2.45) is 0 Å². The first-order chi connectivity index (χ1) is 9.08. The van der Waals surface area contributed by atoms with E-state index in [9.17, 15) is 9.18 Å². The molecule has 2 rings (SSSR count). The Morgan fingerprint density at radius 3 is 2.84 bits per heavy atom. The summed E-state index contributed by atoms with van der Waals surface area (Å²) >= 11 is 4.25. The lowest BCUT2D eigenvalue weighted by atomic mass is 10.2. The Morgan fingerprint density at radius 1 is 1.42 bits per heavy atom. The van der Waals surface area contributed by atoms with Crippen LogP contribution in [0.5, 0.6) is 0 Å². The lowest BCUT2D eigenvalue weighted by Gasteiger charge is -2.03. The summed E-state index contributed by atoms with van der Waals surface area (Å²) in [5, 5.41) is 9.23. The van der Waals surface area contributed by atoms with E-state index in [-0.39, 0.29) is 11.5 Å². The van der Waals surface area contributed by atoms with Gasteiger partial charge >= 0.3 is 5.97 Å². The Kier molecular flexibility index (Phi) is 4.49. The van der Waals surface area contributed by atoms with Crippen molar-refractivity contribution in [2.75, 3.05) is 0 Å². The minimum absolute atomic E-state index is 0.106. The van der Waals surface area contributed by atoms with Gasteiger partial charge in [-0.2, -0.15) is 0 Å². The number of aromatic carboxylic acids is 1. The van der Waals surface area contributed by atoms with E-state index in [1.807, 2.05) is 0 Å². The van der Waals surface area contributed by atoms with Crippen molar-refractivity contribution in [3.05, 3.63) is 52.0 Å². The molecule has 0 spiro atoms. The number of hydrogen-bond donors (Lipinski definition) is 1. The first-order valence-corrected chi connectivity index (χ1v) is 6.98. The highest BCUT2D eigenvalue weighted by Crippen LogP contribution is 2.23. The van der Waals surface area contributed by atoms with E-state index < -0.39 is 5.97 Å². The minimum atomic E-state index is -1.14. The van der Waals surface area contributed by atoms with Crippen LogP contribution in [0.1, 0.15) is 16.1 Å². The average molecular weight is 343 g/mol. The van der Waals surface area contributed by atoms with Crippen molar-refractivity contribution in [3.63, 3.8) is 0 Å². The van der Waals surface area contributed by atoms with Crippen molar-refractivity contribution in [2.45, 2.75) is 10.9 Å². The van der Waals surface area contributed by atoms with Crippen LogP contribution in [0.4, 0.5) is 4.39 Å². The molecule has 1 aromatic carbocycles. The number of thioether (sulfide) groups is 1. The number of rotatable bonds is 4. The summed E-state index contributed by atoms with van der Waals surface area (Å²) < 4.78 is 13.7. The molecule has 7 heteroatoms. The third kappa shape index (κ3) is 3.51. The molecule has 19 heavy (non-hydrogen) atoms. The molecule has 0 fully saturated rings. The summed E-state index contributed by atoms with van der Waals surface area (Å²) in [6.07, 6.45) is 1.38. The fourth-order valence-corrected chi connectivity index (χ4v) is 2.49. The highest BCUT2D eigenvalue weighted by molar-refractivity contribution is 9.10. The summed E-state index contributed by atoms with van der Waals surface area (Å²) in [7, 11) is 0. The first-order valence-electron chi connectivity index (χ1n) is 5.20. The Balaban J connectivity index is 2.14. The second-order valence-corrected chi connectivity index (χ2v) is 5.33. The van der Waals surface area contributed by atoms with Crippen LogP contribution in [-0.4, -0.2) is 21.0 Å². The fourth-order valence-electron chi connectivity index (χ4n) is 1.33. The smallest absolute Gasteiger partial charge is 0.355 e. The molecule has 4 nitrogen and oxygen atoms in total. The Morgan fingerprint density at radius 2 is 2.16 bits per heavy atom. The molecule has 0 aliphatic heterocycles. The van der Waals surface area contributed by atoms with Gasteiger partial charge in [0.15, 0.2) is 10.9 Å². The standard InChI is InChI=1S/C12H8BrFN2O2S/c13-8-5-15-12(16-10(8)11(17)18)19-6-7-3-1-2-4-9(7)14/h1-5H,6H2,(H,17,18). The molecule has 2 aromatic rings. The molecule has 0 atom stereocenters. The summed E-state index contributed by atoms with van der Waals surface area (Å²) in [5.74, 6) is -1.10. The summed E-state index contributed by atoms with van der Waals surface area (Å²) in [6.45, 7) is 0. The molecular formula is C12H8BrFN2O2S. The van der Waals surface area contributed by atoms with Crippen molar-refractivity contribution in [1.29, 1.82) is 0 Å². The zero-order chi connectivity index (χ0) is 13.8. The number of carbonyl (C=O) groups is 1. The van der Waals surface area contributed by atoms with Crippen LogP contribution in [-0.2, 0) is 5.75 Å². The van der Waals surface area contributed by atoms with Gasteiger partial charge in [-0.05, 0) is 27.6 Å². The van der Waals surface area contributed by atoms with Crippen molar-refractivity contribution in [1.82, 2.24) is 9.97 Å². The van der Waals surface area contributed by atoms with Gasteiger partial charge in [-0.15, -0.1) is 0 Å². The van der Waals surface area contributed by atoms with E-state index in [1.54, 1.807) is 18.2 Å². The maximum absolute atomic E-state index is 13.4. The highest BCUT2D eigenvalue weighted by Gasteiger charge is 2.12. The van der Waals surface area contributed by atoms with Gasteiger partial charge in [-0.1, -0.05) is 30.0 Å². The lowest BCUT2D eigenvalue weighted by molar-refractivity contribution is 0.0688. The van der Waals surface area contributed by atoms with Crippen LogP contribution in [0, 0.1) is 5.82 Å². The van der Waals surface area contributed by atoms with Crippen LogP contribution in [0.2, 0.25) is 0 Å². The minimum Gasteiger partial charge on any atom is -0.476 e. The number of aromatic nitrogens is 2. The van der Waals surface area contributed by atoms with Crippen LogP contribution in [0.15, 0.2) is 40.1 Å². The maximum atomic E-state index is 13.4. The molecule has 0 bridgehead atoms. The molecule has 0 saturated heterocycles. The van der Waals surface area contributed by atoms with Gasteiger partial charge in [0.25, 0.3) is 0 Å². The number of carboxylic acids is 1. The Labute approximate surface area is 121 Å². The number of carboxylic acid groups (broad SMARTS) is 1. The third-order valence-corrected chi connectivity index (χ3v) is 3.73. The topological polar surface area (TPSA) is 63.1 Å². The molecule has 0 unspecified atom stereocenters. The normalized spacial score (nSPS) is 10.4. The van der Waals surface area contributed by atoms with E-state index >= 15 is 0 Å². The van der Waals surface area contributed by atoms with Gasteiger partial charge in [-0.3, -0.25) is 0 Å². The van der Waals surface area contributed by atoms with Gasteiger partial charge in [-0.25, -0.2) is 19.2 Å². The average Bonchev–Trinajstić information content (AvgIpc) is 2.39. The van der Waals surface area contributed by atoms with E-state index in [1.165, 1.54) is 24.0 Å². The van der Waals surface area contributed by atoms with Crippen LogP contribution < -0.4 is 0 Å². The molecule has 0 aliphatic carbocycles. The zero-order valence-electron chi connectivity index (χ0n) is 9.51. The molecule has 0 radical (unpaired) electrons. The molecular weight excluding hydrogens is 335 g/mol. The fraction of sp³-hybridized carbons (Fsp3) is 0.0833. The van der Waals surface area contributed by atoms with E-state index in [0.717, 1.165) is 0 Å².